The van der Waals surface area contributed by atoms with Gasteiger partial charge in [0.05, 0.1) is 26.2 Å². The van der Waals surface area contributed by atoms with Gasteiger partial charge < -0.3 is 14.2 Å². The number of hydrogen-bond acceptors (Lipinski definition) is 5. The fourth-order valence-electron chi connectivity index (χ4n) is 3.28. The summed E-state index contributed by atoms with van der Waals surface area (Å²) in [5.41, 5.74) is 2.34. The molecule has 0 aromatic heterocycles. The van der Waals surface area contributed by atoms with E-state index in [1.54, 1.807) is 18.2 Å². The van der Waals surface area contributed by atoms with Crippen LogP contribution in [0.5, 0.6) is 11.5 Å². The average molecular weight is 404 g/mol. The minimum atomic E-state index is -0.442. The first-order valence-electron chi connectivity index (χ1n) is 9.63. The summed E-state index contributed by atoms with van der Waals surface area (Å²) >= 11 is 0. The minimum absolute atomic E-state index is 0.135. The number of ether oxygens (including phenoxy) is 3. The van der Waals surface area contributed by atoms with Crippen molar-refractivity contribution in [2.45, 2.75) is 12.3 Å². The highest BCUT2D eigenvalue weighted by atomic mass is 16.5. The second-order valence-electron chi connectivity index (χ2n) is 6.73. The third kappa shape index (κ3) is 5.26. The van der Waals surface area contributed by atoms with Gasteiger partial charge in [0.25, 0.3) is 0 Å². The predicted molar refractivity (Wildman–Crippen MR) is 114 cm³/mol. The molecule has 3 aromatic rings. The number of hydrogen-bond donors (Lipinski definition) is 0. The third-order valence-electron chi connectivity index (χ3n) is 4.85. The lowest BCUT2D eigenvalue weighted by atomic mass is 9.89. The summed E-state index contributed by atoms with van der Waals surface area (Å²) in [6.45, 7) is -0.362. The molecule has 0 radical (unpaired) electrons. The van der Waals surface area contributed by atoms with Crippen LogP contribution < -0.4 is 9.47 Å². The van der Waals surface area contributed by atoms with Crippen molar-refractivity contribution < 1.29 is 23.8 Å². The zero-order valence-corrected chi connectivity index (χ0v) is 17.0. The molecule has 0 fully saturated rings. The molecule has 0 atom stereocenters. The predicted octanol–water partition coefficient (Wildman–Crippen LogP) is 4.65. The van der Waals surface area contributed by atoms with Crippen LogP contribution in [-0.2, 0) is 9.53 Å². The van der Waals surface area contributed by atoms with Crippen molar-refractivity contribution >= 4 is 11.8 Å². The van der Waals surface area contributed by atoms with Gasteiger partial charge in [-0.15, -0.1) is 0 Å². The van der Waals surface area contributed by atoms with Crippen LogP contribution in [0.3, 0.4) is 0 Å². The number of esters is 1. The highest BCUT2D eigenvalue weighted by Gasteiger charge is 2.21. The van der Waals surface area contributed by atoms with Gasteiger partial charge in [-0.1, -0.05) is 60.7 Å². The second kappa shape index (κ2) is 10.3. The number of ketones is 1. The summed E-state index contributed by atoms with van der Waals surface area (Å²) < 4.78 is 15.7. The molecule has 0 amide bonds. The van der Waals surface area contributed by atoms with Crippen LogP contribution >= 0.6 is 0 Å². The third-order valence-corrected chi connectivity index (χ3v) is 4.85. The Labute approximate surface area is 176 Å². The zero-order valence-electron chi connectivity index (χ0n) is 17.0. The maximum absolute atomic E-state index is 12.6. The van der Waals surface area contributed by atoms with Crippen LogP contribution in [0.25, 0.3) is 0 Å². The van der Waals surface area contributed by atoms with Gasteiger partial charge in [0, 0.05) is 5.92 Å². The Balaban J connectivity index is 1.70. The zero-order chi connectivity index (χ0) is 21.3. The van der Waals surface area contributed by atoms with E-state index in [1.165, 1.54) is 14.2 Å². The Hall–Kier alpha value is -3.60. The van der Waals surface area contributed by atoms with Crippen LogP contribution in [-0.4, -0.2) is 32.6 Å². The van der Waals surface area contributed by atoms with E-state index in [4.69, 9.17) is 14.2 Å². The molecule has 0 bridgehead atoms. The summed E-state index contributed by atoms with van der Waals surface area (Å²) in [4.78, 5) is 25.2. The van der Waals surface area contributed by atoms with E-state index in [0.717, 1.165) is 11.1 Å². The smallest absolute Gasteiger partial charge is 0.307 e. The van der Waals surface area contributed by atoms with Crippen molar-refractivity contribution in [1.82, 2.24) is 0 Å². The number of carbonyl (C=O) groups excluding carboxylic acids is 2. The monoisotopic (exact) mass is 404 g/mol. The van der Waals surface area contributed by atoms with Crippen molar-refractivity contribution in [2.24, 2.45) is 0 Å². The highest BCUT2D eigenvalue weighted by Crippen LogP contribution is 2.28. The molecule has 0 unspecified atom stereocenters. The summed E-state index contributed by atoms with van der Waals surface area (Å²) in [6.07, 6.45) is 0.135. The first-order chi connectivity index (χ1) is 14.6. The van der Waals surface area contributed by atoms with Crippen molar-refractivity contribution in [3.8, 4) is 11.5 Å². The molecule has 0 spiro atoms. The Morgan fingerprint density at radius 1 is 0.800 bits per heavy atom. The molecule has 0 N–H and O–H groups in total. The normalized spacial score (nSPS) is 10.5. The van der Waals surface area contributed by atoms with Gasteiger partial charge in [0.15, 0.2) is 6.61 Å². The summed E-state index contributed by atoms with van der Waals surface area (Å²) in [6, 6.07) is 24.5. The first kappa shape index (κ1) is 21.1. The summed E-state index contributed by atoms with van der Waals surface area (Å²) in [7, 11) is 3.00. The van der Waals surface area contributed by atoms with E-state index in [-0.39, 0.29) is 24.7 Å². The molecule has 0 heterocycles. The maximum atomic E-state index is 12.6. The Morgan fingerprint density at radius 2 is 1.40 bits per heavy atom. The first-order valence-corrected chi connectivity index (χ1v) is 9.63. The topological polar surface area (TPSA) is 61.8 Å². The maximum Gasteiger partial charge on any atom is 0.307 e. The van der Waals surface area contributed by atoms with Crippen molar-refractivity contribution in [3.05, 3.63) is 95.6 Å². The molecular weight excluding hydrogens is 380 g/mol. The number of benzene rings is 3. The van der Waals surface area contributed by atoms with Gasteiger partial charge in [-0.3, -0.25) is 9.59 Å². The molecule has 154 valence electrons. The number of rotatable bonds is 9. The van der Waals surface area contributed by atoms with Crippen LogP contribution in [0, 0.1) is 0 Å². The molecule has 5 heteroatoms. The van der Waals surface area contributed by atoms with E-state index < -0.39 is 5.97 Å². The van der Waals surface area contributed by atoms with Gasteiger partial charge in [-0.2, -0.15) is 0 Å². The van der Waals surface area contributed by atoms with E-state index >= 15 is 0 Å². The summed E-state index contributed by atoms with van der Waals surface area (Å²) in [5, 5.41) is 0. The SMILES string of the molecule is COc1ccc(OC)c(C(=O)COC(=O)CC(c2ccccc2)c2ccccc2)c1. The molecule has 0 aliphatic carbocycles. The minimum Gasteiger partial charge on any atom is -0.497 e. The largest absolute Gasteiger partial charge is 0.497 e. The van der Waals surface area contributed by atoms with Gasteiger partial charge in [0.2, 0.25) is 5.78 Å². The van der Waals surface area contributed by atoms with Gasteiger partial charge in [-0.05, 0) is 29.3 Å². The molecule has 0 saturated heterocycles. The molecule has 3 rings (SSSR count). The molecule has 0 aliphatic heterocycles. The quantitative estimate of drug-likeness (QED) is 0.384. The van der Waals surface area contributed by atoms with Crippen molar-refractivity contribution in [1.29, 1.82) is 0 Å². The second-order valence-corrected chi connectivity index (χ2v) is 6.73. The average Bonchev–Trinajstić information content (AvgIpc) is 2.81. The lowest BCUT2D eigenvalue weighted by Crippen LogP contribution is -2.17. The van der Waals surface area contributed by atoms with Crippen LogP contribution in [0.4, 0.5) is 0 Å². The van der Waals surface area contributed by atoms with E-state index in [1.807, 2.05) is 60.7 Å². The van der Waals surface area contributed by atoms with Crippen molar-refractivity contribution in [3.63, 3.8) is 0 Å². The Morgan fingerprint density at radius 3 is 1.93 bits per heavy atom. The Kier molecular flexibility index (Phi) is 7.22. The van der Waals surface area contributed by atoms with Crippen LogP contribution in [0.1, 0.15) is 33.8 Å². The van der Waals surface area contributed by atoms with E-state index in [9.17, 15) is 9.59 Å². The fourth-order valence-corrected chi connectivity index (χ4v) is 3.28. The summed E-state index contributed by atoms with van der Waals surface area (Å²) in [5.74, 6) is -0.0126. The highest BCUT2D eigenvalue weighted by molar-refractivity contribution is 6.00. The lowest BCUT2D eigenvalue weighted by Gasteiger charge is -2.17. The Bertz CT molecular complexity index is 943. The number of methoxy groups -OCH3 is 2. The molecular formula is C25H24O5. The van der Waals surface area contributed by atoms with E-state index in [0.29, 0.717) is 17.1 Å². The fraction of sp³-hybridized carbons (Fsp3) is 0.200. The van der Waals surface area contributed by atoms with Crippen molar-refractivity contribution in [2.75, 3.05) is 20.8 Å². The van der Waals surface area contributed by atoms with E-state index in [2.05, 4.69) is 0 Å². The molecule has 5 nitrogen and oxygen atoms in total. The standard InChI is InChI=1S/C25H24O5/c1-28-20-13-14-24(29-2)22(15-20)23(26)17-30-25(27)16-21(18-9-5-3-6-10-18)19-11-7-4-8-12-19/h3-15,21H,16-17H2,1-2H3. The lowest BCUT2D eigenvalue weighted by molar-refractivity contribution is -0.142. The van der Waals surface area contributed by atoms with Gasteiger partial charge in [-0.25, -0.2) is 0 Å². The number of carbonyl (C=O) groups is 2. The van der Waals surface area contributed by atoms with Crippen LogP contribution in [0.2, 0.25) is 0 Å². The molecule has 3 aromatic carbocycles. The molecule has 0 saturated carbocycles. The number of Topliss-reactive ketones (excluding diaryl/α,β-unsaturated/α-hetero) is 1. The van der Waals surface area contributed by atoms with Crippen LogP contribution in [0.15, 0.2) is 78.9 Å². The molecule has 30 heavy (non-hydrogen) atoms. The molecule has 0 aliphatic rings. The van der Waals surface area contributed by atoms with Gasteiger partial charge >= 0.3 is 5.97 Å². The van der Waals surface area contributed by atoms with Gasteiger partial charge in [0.1, 0.15) is 11.5 Å².